The highest BCUT2D eigenvalue weighted by atomic mass is 19.1. The van der Waals surface area contributed by atoms with E-state index in [1.54, 1.807) is 12.1 Å². The summed E-state index contributed by atoms with van der Waals surface area (Å²) in [6, 6.07) is 9.44. The second-order valence-electron chi connectivity index (χ2n) is 8.02. The molecule has 1 aliphatic rings. The predicted molar refractivity (Wildman–Crippen MR) is 106 cm³/mol. The van der Waals surface area contributed by atoms with E-state index in [2.05, 4.69) is 21.3 Å². The van der Waals surface area contributed by atoms with Gasteiger partial charge in [-0.05, 0) is 36.6 Å². The van der Waals surface area contributed by atoms with Crippen molar-refractivity contribution < 1.29 is 8.96 Å². The van der Waals surface area contributed by atoms with Crippen LogP contribution in [0.4, 0.5) is 4.39 Å². The number of hydrogen-bond acceptors (Lipinski definition) is 0. The molecule has 0 aliphatic heterocycles. The lowest BCUT2D eigenvalue weighted by molar-refractivity contribution is -0.644. The highest BCUT2D eigenvalue weighted by Crippen LogP contribution is 2.29. The summed E-state index contributed by atoms with van der Waals surface area (Å²) < 4.78 is 18.3. The number of nitrogens with zero attached hydrogens (tertiary/aromatic N) is 2. The molecular formula is C23H30FN2+. The van der Waals surface area contributed by atoms with Crippen molar-refractivity contribution in [2.75, 3.05) is 0 Å². The maximum absolute atomic E-state index is 13.8. The summed E-state index contributed by atoms with van der Waals surface area (Å²) in [6.07, 6.45) is 14.5. The van der Waals surface area contributed by atoms with Crippen molar-refractivity contribution in [3.63, 3.8) is 0 Å². The van der Waals surface area contributed by atoms with Gasteiger partial charge in [0.25, 0.3) is 0 Å². The van der Waals surface area contributed by atoms with E-state index in [0.29, 0.717) is 0 Å². The van der Waals surface area contributed by atoms with Gasteiger partial charge in [-0.1, -0.05) is 51.4 Å². The highest BCUT2D eigenvalue weighted by molar-refractivity contribution is 6.03. The van der Waals surface area contributed by atoms with Crippen molar-refractivity contribution in [2.24, 2.45) is 13.0 Å². The Morgan fingerprint density at radius 3 is 2.73 bits per heavy atom. The topological polar surface area (TPSA) is 8.81 Å². The van der Waals surface area contributed by atoms with E-state index in [1.807, 2.05) is 19.3 Å². The summed E-state index contributed by atoms with van der Waals surface area (Å²) in [4.78, 5) is 0. The van der Waals surface area contributed by atoms with Crippen LogP contribution in [0.25, 0.3) is 21.9 Å². The van der Waals surface area contributed by atoms with Gasteiger partial charge in [-0.2, -0.15) is 4.57 Å². The van der Waals surface area contributed by atoms with Crippen molar-refractivity contribution >= 4 is 21.9 Å². The number of fused-ring (bicyclic) bond motifs is 3. The largest absolute Gasteiger partial charge is 0.335 e. The van der Waals surface area contributed by atoms with Gasteiger partial charge in [-0.25, -0.2) is 4.39 Å². The van der Waals surface area contributed by atoms with E-state index < -0.39 is 0 Å². The average molecular weight is 354 g/mol. The van der Waals surface area contributed by atoms with Gasteiger partial charge in [0, 0.05) is 12.6 Å². The molecule has 0 atom stereocenters. The molecule has 4 rings (SSSR count). The SMILES string of the molecule is C[n+]1cccc2c1c1cc(F)ccc1n2CCCCCC1CCCCC1. The van der Waals surface area contributed by atoms with E-state index in [-0.39, 0.29) is 5.82 Å². The third kappa shape index (κ3) is 3.49. The van der Waals surface area contributed by atoms with E-state index in [9.17, 15) is 4.39 Å². The Morgan fingerprint density at radius 2 is 1.88 bits per heavy atom. The van der Waals surface area contributed by atoms with E-state index in [1.165, 1.54) is 63.3 Å². The fourth-order valence-corrected chi connectivity index (χ4v) is 4.80. The van der Waals surface area contributed by atoms with Crippen molar-refractivity contribution in [1.82, 2.24) is 4.57 Å². The van der Waals surface area contributed by atoms with Crippen LogP contribution in [0.1, 0.15) is 57.8 Å². The first-order valence-electron chi connectivity index (χ1n) is 10.3. The van der Waals surface area contributed by atoms with E-state index in [4.69, 9.17) is 0 Å². The molecule has 0 spiro atoms. The molecule has 1 saturated carbocycles. The van der Waals surface area contributed by atoms with Crippen LogP contribution < -0.4 is 4.57 Å². The van der Waals surface area contributed by atoms with Crippen LogP contribution in [0.3, 0.4) is 0 Å². The van der Waals surface area contributed by atoms with Crippen molar-refractivity contribution in [3.8, 4) is 0 Å². The fourth-order valence-electron chi connectivity index (χ4n) is 4.80. The van der Waals surface area contributed by atoms with Crippen LogP contribution in [-0.4, -0.2) is 4.57 Å². The Bertz CT molecular complexity index is 890. The van der Waals surface area contributed by atoms with Gasteiger partial charge in [0.2, 0.25) is 5.52 Å². The summed E-state index contributed by atoms with van der Waals surface area (Å²) in [7, 11) is 2.04. The molecule has 2 nitrogen and oxygen atoms in total. The number of benzene rings is 1. The Kier molecular flexibility index (Phi) is 5.23. The second-order valence-corrected chi connectivity index (χ2v) is 8.02. The Hall–Kier alpha value is -1.90. The van der Waals surface area contributed by atoms with Gasteiger partial charge in [0.1, 0.15) is 18.4 Å². The first-order chi connectivity index (χ1) is 12.7. The molecule has 2 aromatic heterocycles. The zero-order chi connectivity index (χ0) is 17.9. The van der Waals surface area contributed by atoms with Crippen LogP contribution in [0.15, 0.2) is 36.5 Å². The van der Waals surface area contributed by atoms with Gasteiger partial charge in [-0.3, -0.25) is 0 Å². The number of pyridine rings is 1. The van der Waals surface area contributed by atoms with Gasteiger partial charge < -0.3 is 4.57 Å². The van der Waals surface area contributed by atoms with E-state index >= 15 is 0 Å². The molecule has 0 bridgehead atoms. The maximum Gasteiger partial charge on any atom is 0.238 e. The van der Waals surface area contributed by atoms with Crippen LogP contribution >= 0.6 is 0 Å². The lowest BCUT2D eigenvalue weighted by Crippen LogP contribution is -2.27. The third-order valence-electron chi connectivity index (χ3n) is 6.17. The normalized spacial score (nSPS) is 15.9. The number of hydrogen-bond donors (Lipinski definition) is 0. The Balaban J connectivity index is 1.48. The minimum Gasteiger partial charge on any atom is -0.335 e. The molecule has 2 heterocycles. The third-order valence-corrected chi connectivity index (χ3v) is 6.17. The zero-order valence-electron chi connectivity index (χ0n) is 15.9. The molecule has 0 unspecified atom stereocenters. The fraction of sp³-hybridized carbons (Fsp3) is 0.522. The molecule has 0 radical (unpaired) electrons. The standard InChI is InChI=1S/C23H30FN2/c1-25-15-8-12-22-23(25)20-17-19(24)13-14-21(20)26(22)16-7-3-6-11-18-9-4-2-5-10-18/h8,12-15,17-18H,2-7,9-11,16H2,1H3/q+1. The lowest BCUT2D eigenvalue weighted by atomic mass is 9.85. The van der Waals surface area contributed by atoms with E-state index in [0.717, 1.165) is 28.9 Å². The quantitative estimate of drug-likeness (QED) is 0.385. The molecule has 3 aromatic rings. The predicted octanol–water partition coefficient (Wildman–Crippen LogP) is 5.90. The van der Waals surface area contributed by atoms with Crippen LogP contribution in [0.5, 0.6) is 0 Å². The molecule has 0 N–H and O–H groups in total. The number of rotatable bonds is 6. The van der Waals surface area contributed by atoms with Crippen molar-refractivity contribution in [3.05, 3.63) is 42.3 Å². The molecular weight excluding hydrogens is 323 g/mol. The van der Waals surface area contributed by atoms with Crippen molar-refractivity contribution in [1.29, 1.82) is 0 Å². The molecule has 0 saturated heterocycles. The average Bonchev–Trinajstić information content (AvgIpc) is 2.96. The first kappa shape index (κ1) is 17.5. The minimum atomic E-state index is -0.159. The zero-order valence-corrected chi connectivity index (χ0v) is 15.9. The molecule has 138 valence electrons. The minimum absolute atomic E-state index is 0.159. The number of aryl methyl sites for hydroxylation is 2. The van der Waals surface area contributed by atoms with Gasteiger partial charge >= 0.3 is 0 Å². The summed E-state index contributed by atoms with van der Waals surface area (Å²) in [5.41, 5.74) is 3.49. The summed E-state index contributed by atoms with van der Waals surface area (Å²) in [6.45, 7) is 1.01. The molecule has 1 aromatic carbocycles. The Morgan fingerprint density at radius 1 is 1.04 bits per heavy atom. The smallest absolute Gasteiger partial charge is 0.238 e. The lowest BCUT2D eigenvalue weighted by Gasteiger charge is -2.21. The van der Waals surface area contributed by atoms with Gasteiger partial charge in [0.15, 0.2) is 6.20 Å². The summed E-state index contributed by atoms with van der Waals surface area (Å²) >= 11 is 0. The molecule has 1 aliphatic carbocycles. The number of aromatic nitrogens is 2. The van der Waals surface area contributed by atoms with Crippen LogP contribution in [0, 0.1) is 11.7 Å². The molecule has 1 fully saturated rings. The number of halogens is 1. The maximum atomic E-state index is 13.8. The number of unbranched alkanes of at least 4 members (excludes halogenated alkanes) is 2. The van der Waals surface area contributed by atoms with Crippen LogP contribution in [-0.2, 0) is 13.6 Å². The summed E-state index contributed by atoms with van der Waals surface area (Å²) in [5.74, 6) is 0.826. The molecule has 3 heteroatoms. The van der Waals surface area contributed by atoms with Crippen LogP contribution in [0.2, 0.25) is 0 Å². The highest BCUT2D eigenvalue weighted by Gasteiger charge is 2.18. The molecule has 26 heavy (non-hydrogen) atoms. The van der Waals surface area contributed by atoms with Gasteiger partial charge in [0.05, 0.1) is 10.9 Å². The monoisotopic (exact) mass is 353 g/mol. The Labute approximate surface area is 155 Å². The molecule has 0 amide bonds. The van der Waals surface area contributed by atoms with Crippen molar-refractivity contribution in [2.45, 2.75) is 64.3 Å². The second kappa shape index (κ2) is 7.77. The first-order valence-corrected chi connectivity index (χ1v) is 10.3. The van der Waals surface area contributed by atoms with Gasteiger partial charge in [-0.15, -0.1) is 0 Å². The summed E-state index contributed by atoms with van der Waals surface area (Å²) in [5, 5.41) is 1.02.